The van der Waals surface area contributed by atoms with Gasteiger partial charge in [0, 0.05) is 19.0 Å². The van der Waals surface area contributed by atoms with Crippen LogP contribution in [0.25, 0.3) is 0 Å². The third-order valence-corrected chi connectivity index (χ3v) is 7.40. The summed E-state index contributed by atoms with van der Waals surface area (Å²) in [5.41, 5.74) is 1.43. The number of benzene rings is 1. The first-order valence-electron chi connectivity index (χ1n) is 14.5. The van der Waals surface area contributed by atoms with E-state index in [1.165, 1.54) is 89.0 Å². The van der Waals surface area contributed by atoms with Gasteiger partial charge in [0.15, 0.2) is 0 Å². The second-order valence-corrected chi connectivity index (χ2v) is 11.3. The van der Waals surface area contributed by atoms with Crippen LogP contribution in [0.5, 0.6) is 11.5 Å². The quantitative estimate of drug-likeness (QED) is 0.177. The first-order valence-corrected chi connectivity index (χ1v) is 14.5. The van der Waals surface area contributed by atoms with Gasteiger partial charge >= 0.3 is 0 Å². The number of carbonyl (C=O) groups excluding carboxylic acids is 1. The molecule has 1 aromatic carbocycles. The summed E-state index contributed by atoms with van der Waals surface area (Å²) in [7, 11) is 1.74. The summed E-state index contributed by atoms with van der Waals surface area (Å²) in [5.74, 6) is 2.84. The molecule has 0 aromatic heterocycles. The van der Waals surface area contributed by atoms with Crippen molar-refractivity contribution in [3.63, 3.8) is 0 Å². The Bertz CT molecular complexity index is 711. The van der Waals surface area contributed by atoms with E-state index >= 15 is 0 Å². The Labute approximate surface area is 215 Å². The molecule has 4 heteroatoms. The average Bonchev–Trinajstić information content (AvgIpc) is 3.68. The highest BCUT2D eigenvalue weighted by molar-refractivity contribution is 5.75. The number of hydrogen-bond donors (Lipinski definition) is 1. The van der Waals surface area contributed by atoms with Crippen molar-refractivity contribution in [3.05, 3.63) is 23.8 Å². The number of methoxy groups -OCH3 is 1. The summed E-state index contributed by atoms with van der Waals surface area (Å²) >= 11 is 0. The number of rotatable bonds is 21. The molecule has 0 bridgehead atoms. The van der Waals surface area contributed by atoms with E-state index in [9.17, 15) is 4.79 Å². The molecule has 1 aliphatic carbocycles. The van der Waals surface area contributed by atoms with Crippen LogP contribution in [0.1, 0.15) is 129 Å². The van der Waals surface area contributed by atoms with Crippen LogP contribution in [0.15, 0.2) is 18.2 Å². The number of ether oxygens (including phenoxy) is 2. The minimum absolute atomic E-state index is 0.126. The average molecular weight is 488 g/mol. The SMILES string of the molecule is CCCCCCC(C)(C)c1cc(OC)cc(OCCCCCCCCCCC(=O)NCC2CC2)c1. The predicted octanol–water partition coefficient (Wildman–Crippen LogP) is 8.36. The van der Waals surface area contributed by atoms with Crippen LogP contribution in [-0.4, -0.2) is 26.2 Å². The fourth-order valence-corrected chi connectivity index (χ4v) is 4.61. The third kappa shape index (κ3) is 13.2. The molecule has 2 rings (SSSR count). The zero-order valence-corrected chi connectivity index (χ0v) is 23.3. The number of hydrogen-bond acceptors (Lipinski definition) is 3. The molecule has 4 nitrogen and oxygen atoms in total. The number of carbonyl (C=O) groups is 1. The molecule has 0 heterocycles. The Kier molecular flexibility index (Phi) is 14.2. The third-order valence-electron chi connectivity index (χ3n) is 7.40. The van der Waals surface area contributed by atoms with Gasteiger partial charge in [-0.2, -0.15) is 0 Å². The van der Waals surface area contributed by atoms with Gasteiger partial charge in [0.2, 0.25) is 5.91 Å². The van der Waals surface area contributed by atoms with E-state index in [1.54, 1.807) is 7.11 Å². The van der Waals surface area contributed by atoms with Crippen molar-refractivity contribution in [2.24, 2.45) is 5.92 Å². The van der Waals surface area contributed by atoms with Crippen molar-refractivity contribution in [1.82, 2.24) is 5.32 Å². The van der Waals surface area contributed by atoms with E-state index in [4.69, 9.17) is 9.47 Å². The van der Waals surface area contributed by atoms with E-state index in [1.807, 2.05) is 6.07 Å². The van der Waals surface area contributed by atoms with Crippen molar-refractivity contribution < 1.29 is 14.3 Å². The maximum absolute atomic E-state index is 11.8. The van der Waals surface area contributed by atoms with Gasteiger partial charge in [-0.05, 0) is 61.1 Å². The highest BCUT2D eigenvalue weighted by Gasteiger charge is 2.22. The van der Waals surface area contributed by atoms with Gasteiger partial charge in [-0.15, -0.1) is 0 Å². The monoisotopic (exact) mass is 487 g/mol. The van der Waals surface area contributed by atoms with Crippen molar-refractivity contribution in [1.29, 1.82) is 0 Å². The van der Waals surface area contributed by atoms with Gasteiger partial charge in [0.05, 0.1) is 13.7 Å². The van der Waals surface area contributed by atoms with Crippen LogP contribution in [0.2, 0.25) is 0 Å². The molecule has 1 saturated carbocycles. The maximum atomic E-state index is 11.8. The highest BCUT2D eigenvalue weighted by Crippen LogP contribution is 2.35. The predicted molar refractivity (Wildman–Crippen MR) is 148 cm³/mol. The molecule has 1 amide bonds. The Balaban J connectivity index is 1.54. The lowest BCUT2D eigenvalue weighted by atomic mass is 9.80. The van der Waals surface area contributed by atoms with Crippen LogP contribution < -0.4 is 14.8 Å². The Morgan fingerprint density at radius 2 is 1.51 bits per heavy atom. The van der Waals surface area contributed by atoms with Crippen LogP contribution >= 0.6 is 0 Å². The molecule has 35 heavy (non-hydrogen) atoms. The second kappa shape index (κ2) is 16.9. The standard InChI is InChI=1S/C31H53NO3/c1-5-6-7-15-20-31(2,3)27-22-28(34-4)24-29(23-27)35-21-16-13-11-9-8-10-12-14-17-30(33)32-25-26-18-19-26/h22-24,26H,5-21,25H2,1-4H3,(H,32,33). The lowest BCUT2D eigenvalue weighted by Crippen LogP contribution is -2.25. The first kappa shape index (κ1) is 29.5. The summed E-state index contributed by atoms with van der Waals surface area (Å²) in [4.78, 5) is 11.8. The number of unbranched alkanes of at least 4 members (excludes halogenated alkanes) is 10. The normalized spacial score (nSPS) is 13.6. The van der Waals surface area contributed by atoms with E-state index in [0.717, 1.165) is 43.4 Å². The summed E-state index contributed by atoms with van der Waals surface area (Å²) in [6, 6.07) is 6.41. The first-order chi connectivity index (χ1) is 16.9. The van der Waals surface area contributed by atoms with Gasteiger partial charge in [-0.1, -0.05) is 85.0 Å². The highest BCUT2D eigenvalue weighted by atomic mass is 16.5. The molecule has 1 aromatic rings. The Hall–Kier alpha value is -1.71. The topological polar surface area (TPSA) is 47.6 Å². The largest absolute Gasteiger partial charge is 0.497 e. The van der Waals surface area contributed by atoms with Crippen LogP contribution in [-0.2, 0) is 10.2 Å². The summed E-state index contributed by atoms with van der Waals surface area (Å²) < 4.78 is 11.7. The van der Waals surface area contributed by atoms with Crippen LogP contribution in [0, 0.1) is 5.92 Å². The molecule has 1 aliphatic rings. The molecule has 0 atom stereocenters. The van der Waals surface area contributed by atoms with E-state index in [0.29, 0.717) is 6.42 Å². The molecule has 0 unspecified atom stereocenters. The molecular formula is C31H53NO3. The Morgan fingerprint density at radius 3 is 2.17 bits per heavy atom. The van der Waals surface area contributed by atoms with E-state index in [2.05, 4.69) is 38.2 Å². The van der Waals surface area contributed by atoms with Crippen molar-refractivity contribution in [2.75, 3.05) is 20.3 Å². The minimum Gasteiger partial charge on any atom is -0.497 e. The minimum atomic E-state index is 0.126. The molecule has 200 valence electrons. The van der Waals surface area contributed by atoms with Gasteiger partial charge in [0.1, 0.15) is 11.5 Å². The molecular weight excluding hydrogens is 434 g/mol. The lowest BCUT2D eigenvalue weighted by Gasteiger charge is -2.26. The van der Waals surface area contributed by atoms with Gasteiger partial charge in [0.25, 0.3) is 0 Å². The van der Waals surface area contributed by atoms with Crippen molar-refractivity contribution in [2.45, 2.75) is 129 Å². The van der Waals surface area contributed by atoms with E-state index in [-0.39, 0.29) is 11.3 Å². The molecule has 0 saturated heterocycles. The fourth-order valence-electron chi connectivity index (χ4n) is 4.61. The zero-order valence-electron chi connectivity index (χ0n) is 23.3. The molecule has 0 radical (unpaired) electrons. The second-order valence-electron chi connectivity index (χ2n) is 11.3. The molecule has 1 N–H and O–H groups in total. The molecule has 0 aliphatic heterocycles. The fraction of sp³-hybridized carbons (Fsp3) is 0.774. The van der Waals surface area contributed by atoms with Crippen molar-refractivity contribution >= 4 is 5.91 Å². The number of nitrogens with one attached hydrogen (secondary N) is 1. The van der Waals surface area contributed by atoms with Crippen molar-refractivity contribution in [3.8, 4) is 11.5 Å². The number of amides is 1. The Morgan fingerprint density at radius 1 is 0.886 bits per heavy atom. The van der Waals surface area contributed by atoms with Gasteiger partial charge < -0.3 is 14.8 Å². The lowest BCUT2D eigenvalue weighted by molar-refractivity contribution is -0.121. The van der Waals surface area contributed by atoms with E-state index < -0.39 is 0 Å². The van der Waals surface area contributed by atoms with Gasteiger partial charge in [-0.25, -0.2) is 0 Å². The summed E-state index contributed by atoms with van der Waals surface area (Å²) in [6.07, 6.45) is 19.2. The van der Waals surface area contributed by atoms with Crippen LogP contribution in [0.3, 0.4) is 0 Å². The summed E-state index contributed by atoms with van der Waals surface area (Å²) in [6.45, 7) is 8.60. The molecule has 0 spiro atoms. The van der Waals surface area contributed by atoms with Crippen LogP contribution in [0.4, 0.5) is 0 Å². The van der Waals surface area contributed by atoms with Gasteiger partial charge in [-0.3, -0.25) is 4.79 Å². The molecule has 1 fully saturated rings. The maximum Gasteiger partial charge on any atom is 0.220 e. The zero-order chi connectivity index (χ0) is 25.4. The summed E-state index contributed by atoms with van der Waals surface area (Å²) in [5, 5.41) is 3.06. The smallest absolute Gasteiger partial charge is 0.220 e.